The van der Waals surface area contributed by atoms with Crippen LogP contribution in [0.2, 0.25) is 5.02 Å². The summed E-state index contributed by atoms with van der Waals surface area (Å²) in [5, 5.41) is 15.7. The van der Waals surface area contributed by atoms with Gasteiger partial charge in [0.15, 0.2) is 0 Å². The first-order valence-electron chi connectivity index (χ1n) is 11.3. The molecule has 4 nitrogen and oxygen atoms in total. The van der Waals surface area contributed by atoms with Crippen LogP contribution >= 0.6 is 11.6 Å². The average molecular weight is 429 g/mol. The minimum Gasteiger partial charge on any atom is -0.487 e. The Morgan fingerprint density at radius 3 is 2.67 bits per heavy atom. The molecule has 0 bridgehead atoms. The molecule has 2 aromatic rings. The van der Waals surface area contributed by atoms with E-state index in [1.807, 2.05) is 48.5 Å². The van der Waals surface area contributed by atoms with Gasteiger partial charge in [0.1, 0.15) is 12.4 Å². The molecule has 1 saturated heterocycles. The summed E-state index contributed by atoms with van der Waals surface area (Å²) < 4.78 is 5.93. The Morgan fingerprint density at radius 2 is 1.90 bits per heavy atom. The van der Waals surface area contributed by atoms with Crippen molar-refractivity contribution in [1.82, 2.24) is 10.2 Å². The number of benzene rings is 2. The third kappa shape index (κ3) is 5.17. The van der Waals surface area contributed by atoms with Gasteiger partial charge in [0.2, 0.25) is 0 Å². The lowest BCUT2D eigenvalue weighted by molar-refractivity contribution is -0.0603. The molecule has 1 unspecified atom stereocenters. The van der Waals surface area contributed by atoms with E-state index in [9.17, 15) is 5.11 Å². The number of aliphatic hydroxyl groups is 1. The van der Waals surface area contributed by atoms with E-state index in [2.05, 4.69) is 10.2 Å². The molecular formula is C25H33ClN2O2. The molecule has 0 amide bonds. The summed E-state index contributed by atoms with van der Waals surface area (Å²) in [7, 11) is 0. The van der Waals surface area contributed by atoms with Crippen molar-refractivity contribution in [1.29, 1.82) is 0 Å². The standard InChI is InChI=1S/C25H33ClN2O2/c26-23-18-22(9-10-24(23)30-19-20-6-2-1-3-7-20)25(29)12-5-4-8-21(25)11-15-28-16-13-27-14-17-28/h1-3,6-7,9-10,18,21,27,29H,4-5,8,11-17,19H2/t21?,25-/m1/s1. The highest BCUT2D eigenvalue weighted by Crippen LogP contribution is 2.45. The average Bonchev–Trinajstić information content (AvgIpc) is 2.79. The number of rotatable bonds is 7. The minimum absolute atomic E-state index is 0.272. The van der Waals surface area contributed by atoms with Crippen molar-refractivity contribution in [2.45, 2.75) is 44.3 Å². The molecule has 2 fully saturated rings. The van der Waals surface area contributed by atoms with E-state index in [4.69, 9.17) is 16.3 Å². The van der Waals surface area contributed by atoms with Gasteiger partial charge in [0.05, 0.1) is 10.6 Å². The molecule has 0 radical (unpaired) electrons. The molecular weight excluding hydrogens is 396 g/mol. The maximum absolute atomic E-state index is 11.7. The van der Waals surface area contributed by atoms with Crippen LogP contribution in [0.25, 0.3) is 0 Å². The summed E-state index contributed by atoms with van der Waals surface area (Å²) in [6.45, 7) is 5.87. The Hall–Kier alpha value is -1.59. The van der Waals surface area contributed by atoms with E-state index in [0.717, 1.165) is 69.5 Å². The van der Waals surface area contributed by atoms with Gasteiger partial charge in [0, 0.05) is 26.2 Å². The molecule has 4 rings (SSSR count). The lowest BCUT2D eigenvalue weighted by Gasteiger charge is -2.42. The fourth-order valence-corrected chi connectivity index (χ4v) is 5.12. The van der Waals surface area contributed by atoms with Gasteiger partial charge in [0.25, 0.3) is 0 Å². The smallest absolute Gasteiger partial charge is 0.138 e. The fourth-order valence-electron chi connectivity index (χ4n) is 4.89. The Morgan fingerprint density at radius 1 is 1.10 bits per heavy atom. The molecule has 0 spiro atoms. The molecule has 5 heteroatoms. The maximum atomic E-state index is 11.7. The lowest BCUT2D eigenvalue weighted by atomic mass is 9.70. The maximum Gasteiger partial charge on any atom is 0.138 e. The van der Waals surface area contributed by atoms with Crippen molar-refractivity contribution in [3.05, 3.63) is 64.7 Å². The molecule has 1 aliphatic heterocycles. The number of piperazine rings is 1. The number of hydrogen-bond donors (Lipinski definition) is 2. The van der Waals surface area contributed by atoms with Crippen molar-refractivity contribution >= 4 is 11.6 Å². The highest BCUT2D eigenvalue weighted by Gasteiger charge is 2.40. The number of halogens is 1. The molecule has 1 heterocycles. The SMILES string of the molecule is O[C@]1(c2ccc(OCc3ccccc3)c(Cl)c2)CCCCC1CCN1CCNCC1. The molecule has 1 saturated carbocycles. The number of nitrogens with zero attached hydrogens (tertiary/aromatic N) is 1. The highest BCUT2D eigenvalue weighted by molar-refractivity contribution is 6.32. The third-order valence-corrected chi connectivity index (χ3v) is 7.00. The topological polar surface area (TPSA) is 44.7 Å². The van der Waals surface area contributed by atoms with Gasteiger partial charge < -0.3 is 20.1 Å². The molecule has 2 aliphatic rings. The van der Waals surface area contributed by atoms with Crippen LogP contribution in [0.15, 0.2) is 48.5 Å². The third-order valence-electron chi connectivity index (χ3n) is 6.71. The monoisotopic (exact) mass is 428 g/mol. The van der Waals surface area contributed by atoms with Crippen molar-refractivity contribution < 1.29 is 9.84 Å². The second-order valence-corrected chi connectivity index (χ2v) is 9.07. The summed E-state index contributed by atoms with van der Waals surface area (Å²) in [6, 6.07) is 15.9. The summed E-state index contributed by atoms with van der Waals surface area (Å²) in [5.74, 6) is 0.939. The van der Waals surface area contributed by atoms with Crippen LogP contribution in [0.5, 0.6) is 5.75 Å². The lowest BCUT2D eigenvalue weighted by Crippen LogP contribution is -2.45. The van der Waals surface area contributed by atoms with E-state index < -0.39 is 5.60 Å². The van der Waals surface area contributed by atoms with Gasteiger partial charge in [-0.2, -0.15) is 0 Å². The largest absolute Gasteiger partial charge is 0.487 e. The van der Waals surface area contributed by atoms with Crippen LogP contribution in [0.3, 0.4) is 0 Å². The van der Waals surface area contributed by atoms with Crippen molar-refractivity contribution in [2.75, 3.05) is 32.7 Å². The van der Waals surface area contributed by atoms with E-state index in [-0.39, 0.29) is 5.92 Å². The highest BCUT2D eigenvalue weighted by atomic mass is 35.5. The normalized spacial score (nSPS) is 25.2. The van der Waals surface area contributed by atoms with Gasteiger partial charge in [-0.1, -0.05) is 60.8 Å². The van der Waals surface area contributed by atoms with E-state index >= 15 is 0 Å². The van der Waals surface area contributed by atoms with E-state index in [0.29, 0.717) is 17.4 Å². The molecule has 1 aliphatic carbocycles. The Kier molecular flexibility index (Phi) is 7.32. The predicted octanol–water partition coefficient (Wildman–Crippen LogP) is 4.59. The second-order valence-electron chi connectivity index (χ2n) is 8.67. The molecule has 2 atom stereocenters. The van der Waals surface area contributed by atoms with Crippen LogP contribution in [-0.2, 0) is 12.2 Å². The first kappa shape index (κ1) is 21.6. The number of hydrogen-bond acceptors (Lipinski definition) is 4. The molecule has 2 N–H and O–H groups in total. The van der Waals surface area contributed by atoms with Crippen LogP contribution in [0.1, 0.15) is 43.2 Å². The summed E-state index contributed by atoms with van der Waals surface area (Å²) >= 11 is 6.57. The van der Waals surface area contributed by atoms with Gasteiger partial charge >= 0.3 is 0 Å². The van der Waals surface area contributed by atoms with E-state index in [1.165, 1.54) is 6.42 Å². The molecule has 2 aromatic carbocycles. The van der Waals surface area contributed by atoms with E-state index in [1.54, 1.807) is 0 Å². The first-order chi connectivity index (χ1) is 14.6. The second kappa shape index (κ2) is 10.1. The fraction of sp³-hybridized carbons (Fsp3) is 0.520. The van der Waals surface area contributed by atoms with Crippen molar-refractivity contribution in [3.63, 3.8) is 0 Å². The predicted molar refractivity (Wildman–Crippen MR) is 122 cm³/mol. The van der Waals surface area contributed by atoms with Crippen molar-refractivity contribution in [3.8, 4) is 5.75 Å². The van der Waals surface area contributed by atoms with Gasteiger partial charge in [-0.3, -0.25) is 0 Å². The summed E-state index contributed by atoms with van der Waals surface area (Å²) in [5.41, 5.74) is 1.24. The van der Waals surface area contributed by atoms with Crippen LogP contribution in [0, 0.1) is 5.92 Å². The van der Waals surface area contributed by atoms with Crippen LogP contribution in [0.4, 0.5) is 0 Å². The van der Waals surface area contributed by atoms with Crippen molar-refractivity contribution in [2.24, 2.45) is 5.92 Å². The Bertz CT molecular complexity index is 810. The molecule has 30 heavy (non-hydrogen) atoms. The quantitative estimate of drug-likeness (QED) is 0.676. The van der Waals surface area contributed by atoms with Crippen LogP contribution < -0.4 is 10.1 Å². The zero-order valence-electron chi connectivity index (χ0n) is 17.7. The summed E-state index contributed by atoms with van der Waals surface area (Å²) in [6.07, 6.45) is 5.16. The zero-order valence-corrected chi connectivity index (χ0v) is 18.4. The number of nitrogens with one attached hydrogen (secondary N) is 1. The number of ether oxygens (including phenoxy) is 1. The van der Waals surface area contributed by atoms with Gasteiger partial charge in [-0.15, -0.1) is 0 Å². The Labute approximate surface area is 185 Å². The first-order valence-corrected chi connectivity index (χ1v) is 11.7. The minimum atomic E-state index is -0.798. The van der Waals surface area contributed by atoms with Crippen LogP contribution in [-0.4, -0.2) is 42.7 Å². The van der Waals surface area contributed by atoms with Gasteiger partial charge in [-0.05, 0) is 55.0 Å². The molecule has 0 aromatic heterocycles. The summed E-state index contributed by atoms with van der Waals surface area (Å²) in [4.78, 5) is 2.51. The van der Waals surface area contributed by atoms with Gasteiger partial charge in [-0.25, -0.2) is 0 Å². The molecule has 162 valence electrons. The Balaban J connectivity index is 1.43. The zero-order chi connectivity index (χ0) is 20.8.